The van der Waals surface area contributed by atoms with E-state index in [0.29, 0.717) is 18.0 Å². The first-order chi connectivity index (χ1) is 10.2. The number of amides is 2. The molecule has 1 fully saturated rings. The molecule has 1 unspecified atom stereocenters. The highest BCUT2D eigenvalue weighted by molar-refractivity contribution is 5.79. The predicted octanol–water partition coefficient (Wildman–Crippen LogP) is 2.34. The fourth-order valence-electron chi connectivity index (χ4n) is 2.74. The van der Waals surface area contributed by atoms with Crippen molar-refractivity contribution in [1.82, 2.24) is 10.6 Å². The van der Waals surface area contributed by atoms with Crippen LogP contribution in [0.1, 0.15) is 37.2 Å². The second-order valence-corrected chi connectivity index (χ2v) is 5.54. The second-order valence-electron chi connectivity index (χ2n) is 5.54. The van der Waals surface area contributed by atoms with Crippen molar-refractivity contribution in [2.24, 2.45) is 5.92 Å². The Hall–Kier alpha value is -2.04. The van der Waals surface area contributed by atoms with Crippen LogP contribution in [0.4, 0.5) is 4.79 Å². The van der Waals surface area contributed by atoms with Crippen LogP contribution >= 0.6 is 0 Å². The normalized spacial score (nSPS) is 16.4. The van der Waals surface area contributed by atoms with Crippen molar-refractivity contribution >= 4 is 12.0 Å². The molecule has 2 amide bonds. The van der Waals surface area contributed by atoms with Gasteiger partial charge in [-0.2, -0.15) is 0 Å². The van der Waals surface area contributed by atoms with Crippen molar-refractivity contribution in [2.75, 3.05) is 13.1 Å². The van der Waals surface area contributed by atoms with E-state index in [2.05, 4.69) is 10.6 Å². The minimum absolute atomic E-state index is 0.0931. The van der Waals surface area contributed by atoms with Gasteiger partial charge in [-0.1, -0.05) is 43.2 Å². The summed E-state index contributed by atoms with van der Waals surface area (Å²) in [4.78, 5) is 23.1. The summed E-state index contributed by atoms with van der Waals surface area (Å²) in [5.74, 6) is -1.08. The smallest absolute Gasteiger partial charge is 0.314 e. The molecule has 0 heterocycles. The molecule has 0 aromatic heterocycles. The minimum Gasteiger partial charge on any atom is -0.481 e. The van der Waals surface area contributed by atoms with Gasteiger partial charge < -0.3 is 15.7 Å². The van der Waals surface area contributed by atoms with Crippen LogP contribution in [-0.4, -0.2) is 30.2 Å². The maximum absolute atomic E-state index is 11.7. The number of carbonyl (C=O) groups excluding carboxylic acids is 1. The summed E-state index contributed by atoms with van der Waals surface area (Å²) in [6.45, 7) is 0.769. The zero-order valence-corrected chi connectivity index (χ0v) is 12.0. The van der Waals surface area contributed by atoms with E-state index in [1.54, 1.807) is 24.3 Å². The first-order valence-electron chi connectivity index (χ1n) is 7.46. The summed E-state index contributed by atoms with van der Waals surface area (Å²) in [6, 6.07) is 8.67. The highest BCUT2D eigenvalue weighted by atomic mass is 16.4. The third-order valence-electron chi connectivity index (χ3n) is 3.99. The number of hydrogen-bond donors (Lipinski definition) is 3. The van der Waals surface area contributed by atoms with Gasteiger partial charge in [0.15, 0.2) is 0 Å². The lowest BCUT2D eigenvalue weighted by molar-refractivity contribution is -0.138. The average Bonchev–Trinajstić information content (AvgIpc) is 2.99. The Balaban J connectivity index is 1.78. The van der Waals surface area contributed by atoms with Crippen molar-refractivity contribution in [3.05, 3.63) is 35.9 Å². The van der Waals surface area contributed by atoms with Gasteiger partial charge in [0.05, 0.1) is 5.92 Å². The van der Waals surface area contributed by atoms with Crippen LogP contribution in [0.25, 0.3) is 0 Å². The number of benzene rings is 1. The third kappa shape index (κ3) is 4.77. The van der Waals surface area contributed by atoms with Gasteiger partial charge in [-0.25, -0.2) is 4.79 Å². The topological polar surface area (TPSA) is 78.4 Å². The van der Waals surface area contributed by atoms with Crippen LogP contribution < -0.4 is 10.6 Å². The van der Waals surface area contributed by atoms with Gasteiger partial charge in [-0.15, -0.1) is 0 Å². The van der Waals surface area contributed by atoms with Crippen molar-refractivity contribution in [1.29, 1.82) is 0 Å². The number of hydrogen-bond acceptors (Lipinski definition) is 2. The molecule has 3 N–H and O–H groups in total. The fourth-order valence-corrected chi connectivity index (χ4v) is 2.74. The number of carboxylic acids is 1. The van der Waals surface area contributed by atoms with Gasteiger partial charge in [-0.3, -0.25) is 4.79 Å². The molecular formula is C16H22N2O3. The summed E-state index contributed by atoms with van der Waals surface area (Å²) in [5.41, 5.74) is 0.695. The molecule has 5 nitrogen and oxygen atoms in total. The monoisotopic (exact) mass is 290 g/mol. The number of carboxylic acid groups (broad SMARTS) is 1. The Morgan fingerprint density at radius 1 is 1.14 bits per heavy atom. The summed E-state index contributed by atoms with van der Waals surface area (Å²) >= 11 is 0. The number of urea groups is 1. The van der Waals surface area contributed by atoms with E-state index in [-0.39, 0.29) is 12.6 Å². The Morgan fingerprint density at radius 2 is 1.81 bits per heavy atom. The number of rotatable bonds is 6. The molecule has 1 aliphatic rings. The predicted molar refractivity (Wildman–Crippen MR) is 80.2 cm³/mol. The van der Waals surface area contributed by atoms with E-state index >= 15 is 0 Å². The second kappa shape index (κ2) is 7.67. The van der Waals surface area contributed by atoms with Crippen molar-refractivity contribution < 1.29 is 14.7 Å². The highest BCUT2D eigenvalue weighted by Gasteiger charge is 2.21. The highest BCUT2D eigenvalue weighted by Crippen LogP contribution is 2.23. The molecule has 0 radical (unpaired) electrons. The van der Waals surface area contributed by atoms with Crippen LogP contribution in [-0.2, 0) is 4.79 Å². The molecule has 0 aliphatic heterocycles. The van der Waals surface area contributed by atoms with Crippen LogP contribution in [0.3, 0.4) is 0 Å². The van der Waals surface area contributed by atoms with Crippen LogP contribution in [0.2, 0.25) is 0 Å². The van der Waals surface area contributed by atoms with E-state index in [1.165, 1.54) is 25.7 Å². The van der Waals surface area contributed by atoms with Crippen LogP contribution in [0.5, 0.6) is 0 Å². The SMILES string of the molecule is O=C(NCC1CCCC1)NCC(C(=O)O)c1ccccc1. The summed E-state index contributed by atoms with van der Waals surface area (Å²) in [6.07, 6.45) is 4.82. The third-order valence-corrected chi connectivity index (χ3v) is 3.99. The molecule has 5 heteroatoms. The quantitative estimate of drug-likeness (QED) is 0.752. The Morgan fingerprint density at radius 3 is 2.43 bits per heavy atom. The minimum atomic E-state index is -0.933. The van der Waals surface area contributed by atoms with Crippen molar-refractivity contribution in [3.63, 3.8) is 0 Å². The summed E-state index contributed by atoms with van der Waals surface area (Å²) in [7, 11) is 0. The molecule has 21 heavy (non-hydrogen) atoms. The summed E-state index contributed by atoms with van der Waals surface area (Å²) in [5, 5.41) is 14.8. The van der Waals surface area contributed by atoms with E-state index < -0.39 is 11.9 Å². The first-order valence-corrected chi connectivity index (χ1v) is 7.46. The molecule has 1 aliphatic carbocycles. The molecule has 1 aromatic carbocycles. The molecule has 0 bridgehead atoms. The number of aliphatic carboxylic acids is 1. The molecule has 1 aromatic rings. The number of nitrogens with one attached hydrogen (secondary N) is 2. The Kier molecular flexibility index (Phi) is 5.60. The lowest BCUT2D eigenvalue weighted by Crippen LogP contribution is -2.40. The average molecular weight is 290 g/mol. The summed E-state index contributed by atoms with van der Waals surface area (Å²) < 4.78 is 0. The van der Waals surface area contributed by atoms with Gasteiger partial charge in [-0.05, 0) is 24.3 Å². The Labute approximate surface area is 124 Å². The van der Waals surface area contributed by atoms with Gasteiger partial charge >= 0.3 is 12.0 Å². The number of carbonyl (C=O) groups is 2. The molecule has 1 saturated carbocycles. The van der Waals surface area contributed by atoms with Gasteiger partial charge in [0.25, 0.3) is 0 Å². The zero-order chi connectivity index (χ0) is 15.1. The lowest BCUT2D eigenvalue weighted by atomic mass is 9.99. The molecule has 0 spiro atoms. The fraction of sp³-hybridized carbons (Fsp3) is 0.500. The van der Waals surface area contributed by atoms with Gasteiger partial charge in [0.1, 0.15) is 0 Å². The van der Waals surface area contributed by atoms with E-state index in [1.807, 2.05) is 6.07 Å². The van der Waals surface area contributed by atoms with E-state index in [9.17, 15) is 14.7 Å². The molecule has 1 atom stereocenters. The standard InChI is InChI=1S/C16H22N2O3/c19-15(20)14(13-8-2-1-3-9-13)11-18-16(21)17-10-12-6-4-5-7-12/h1-3,8-9,12,14H,4-7,10-11H2,(H,19,20)(H2,17,18,21). The molecule has 0 saturated heterocycles. The van der Waals surface area contributed by atoms with Crippen molar-refractivity contribution in [3.8, 4) is 0 Å². The van der Waals surface area contributed by atoms with Crippen LogP contribution in [0, 0.1) is 5.92 Å². The molecule has 2 rings (SSSR count). The largest absolute Gasteiger partial charge is 0.481 e. The van der Waals surface area contributed by atoms with E-state index in [4.69, 9.17) is 0 Å². The van der Waals surface area contributed by atoms with Gasteiger partial charge in [0, 0.05) is 13.1 Å². The molecule has 114 valence electrons. The van der Waals surface area contributed by atoms with Crippen LogP contribution in [0.15, 0.2) is 30.3 Å². The van der Waals surface area contributed by atoms with Gasteiger partial charge in [0.2, 0.25) is 0 Å². The maximum Gasteiger partial charge on any atom is 0.314 e. The maximum atomic E-state index is 11.7. The van der Waals surface area contributed by atoms with Crippen molar-refractivity contribution in [2.45, 2.75) is 31.6 Å². The Bertz CT molecular complexity index is 470. The van der Waals surface area contributed by atoms with E-state index in [0.717, 1.165) is 0 Å². The molecular weight excluding hydrogens is 268 g/mol. The lowest BCUT2D eigenvalue weighted by Gasteiger charge is -2.15. The zero-order valence-electron chi connectivity index (χ0n) is 12.0. The first kappa shape index (κ1) is 15.4.